The number of carbonyl (C=O) groups is 2. The van der Waals surface area contributed by atoms with E-state index in [2.05, 4.69) is 10.4 Å². The zero-order chi connectivity index (χ0) is 17.2. The van der Waals surface area contributed by atoms with Crippen molar-refractivity contribution in [3.05, 3.63) is 48.3 Å². The molecule has 1 heterocycles. The van der Waals surface area contributed by atoms with Crippen LogP contribution in [0.15, 0.2) is 42.7 Å². The summed E-state index contributed by atoms with van der Waals surface area (Å²) in [6.07, 6.45) is 8.23. The summed E-state index contributed by atoms with van der Waals surface area (Å²) in [7, 11) is 0. The molecular weight excluding hydrogens is 314 g/mol. The van der Waals surface area contributed by atoms with E-state index < -0.39 is 0 Å². The normalized spacial score (nSPS) is 25.6. The first-order valence-corrected chi connectivity index (χ1v) is 9.11. The maximum absolute atomic E-state index is 12.5. The lowest BCUT2D eigenvalue weighted by atomic mass is 9.67. The highest BCUT2D eigenvalue weighted by atomic mass is 16.2. The first kappa shape index (κ1) is 16.1. The first-order chi connectivity index (χ1) is 12.2. The van der Waals surface area contributed by atoms with Gasteiger partial charge in [0.15, 0.2) is 0 Å². The average molecular weight is 337 g/mol. The molecule has 2 bridgehead atoms. The van der Waals surface area contributed by atoms with Crippen molar-refractivity contribution in [1.29, 1.82) is 0 Å². The number of fused-ring (bicyclic) bond motifs is 2. The van der Waals surface area contributed by atoms with Gasteiger partial charge in [0, 0.05) is 36.1 Å². The van der Waals surface area contributed by atoms with Gasteiger partial charge in [0.1, 0.15) is 5.78 Å². The quantitative estimate of drug-likeness (QED) is 0.933. The van der Waals surface area contributed by atoms with Crippen LogP contribution in [0.1, 0.15) is 37.7 Å². The Balaban J connectivity index is 1.35. The van der Waals surface area contributed by atoms with Gasteiger partial charge in [-0.1, -0.05) is 24.6 Å². The van der Waals surface area contributed by atoms with E-state index in [1.165, 1.54) is 0 Å². The van der Waals surface area contributed by atoms with Crippen LogP contribution in [0.5, 0.6) is 0 Å². The van der Waals surface area contributed by atoms with Gasteiger partial charge in [-0.2, -0.15) is 5.10 Å². The van der Waals surface area contributed by atoms with Crippen molar-refractivity contribution in [1.82, 2.24) is 15.1 Å². The summed E-state index contributed by atoms with van der Waals surface area (Å²) in [5, 5.41) is 7.39. The lowest BCUT2D eigenvalue weighted by molar-refractivity contribution is -0.137. The largest absolute Gasteiger partial charge is 0.352 e. The number of amides is 1. The van der Waals surface area contributed by atoms with Gasteiger partial charge in [0.05, 0.1) is 11.9 Å². The number of rotatable bonds is 4. The molecule has 1 aromatic heterocycles. The van der Waals surface area contributed by atoms with Crippen molar-refractivity contribution in [2.24, 2.45) is 17.8 Å². The van der Waals surface area contributed by atoms with E-state index in [4.69, 9.17) is 0 Å². The summed E-state index contributed by atoms with van der Waals surface area (Å²) in [6, 6.07) is 9.90. The minimum Gasteiger partial charge on any atom is -0.352 e. The summed E-state index contributed by atoms with van der Waals surface area (Å²) in [5.41, 5.74) is 1.97. The van der Waals surface area contributed by atoms with Gasteiger partial charge in [0.2, 0.25) is 5.91 Å². The summed E-state index contributed by atoms with van der Waals surface area (Å²) in [5.74, 6) is 0.696. The zero-order valence-electron chi connectivity index (χ0n) is 14.2. The third kappa shape index (κ3) is 3.36. The molecule has 2 atom stereocenters. The number of hydrogen-bond acceptors (Lipinski definition) is 3. The predicted molar refractivity (Wildman–Crippen MR) is 94.0 cm³/mol. The fourth-order valence-corrected chi connectivity index (χ4v) is 4.20. The fraction of sp³-hybridized carbons (Fsp3) is 0.450. The van der Waals surface area contributed by atoms with Crippen LogP contribution in [0.4, 0.5) is 0 Å². The van der Waals surface area contributed by atoms with Gasteiger partial charge in [-0.05, 0) is 37.8 Å². The molecule has 1 N–H and O–H groups in total. The molecular formula is C20H23N3O2. The molecule has 130 valence electrons. The van der Waals surface area contributed by atoms with Crippen molar-refractivity contribution >= 4 is 11.7 Å². The van der Waals surface area contributed by atoms with E-state index in [0.717, 1.165) is 43.4 Å². The maximum atomic E-state index is 12.5. The Morgan fingerprint density at radius 3 is 2.60 bits per heavy atom. The van der Waals surface area contributed by atoms with E-state index in [1.807, 2.05) is 41.2 Å². The number of para-hydroxylation sites is 1. The Hall–Kier alpha value is -2.43. The molecule has 2 fully saturated rings. The SMILES string of the molecule is O=C(NCc1cnn(-c2ccccc2)c1)C1CC2CCCC(C1)C2=O. The Kier molecular flexibility index (Phi) is 4.38. The third-order valence-corrected chi connectivity index (χ3v) is 5.54. The van der Waals surface area contributed by atoms with Crippen molar-refractivity contribution in [2.75, 3.05) is 0 Å². The maximum Gasteiger partial charge on any atom is 0.223 e. The van der Waals surface area contributed by atoms with Crippen LogP contribution < -0.4 is 5.32 Å². The van der Waals surface area contributed by atoms with E-state index in [-0.39, 0.29) is 23.7 Å². The molecule has 2 aliphatic carbocycles. The lowest BCUT2D eigenvalue weighted by Gasteiger charge is -2.36. The van der Waals surface area contributed by atoms with Crippen LogP contribution in [0.3, 0.4) is 0 Å². The summed E-state index contributed by atoms with van der Waals surface area (Å²) < 4.78 is 1.81. The molecule has 0 saturated heterocycles. The number of aromatic nitrogens is 2. The monoisotopic (exact) mass is 337 g/mol. The summed E-state index contributed by atoms with van der Waals surface area (Å²) in [6.45, 7) is 0.478. The van der Waals surface area contributed by atoms with E-state index in [9.17, 15) is 9.59 Å². The fourth-order valence-electron chi connectivity index (χ4n) is 4.20. The van der Waals surface area contributed by atoms with Crippen LogP contribution in [0, 0.1) is 17.8 Å². The molecule has 0 aliphatic heterocycles. The number of Topliss-reactive ketones (excluding diaryl/α,β-unsaturated/α-hetero) is 1. The Morgan fingerprint density at radius 2 is 1.88 bits per heavy atom. The van der Waals surface area contributed by atoms with Crippen molar-refractivity contribution in [3.8, 4) is 5.69 Å². The number of nitrogens with zero attached hydrogens (tertiary/aromatic N) is 2. The second-order valence-corrected chi connectivity index (χ2v) is 7.24. The minimum absolute atomic E-state index is 0.0165. The lowest BCUT2D eigenvalue weighted by Crippen LogP contribution is -2.42. The summed E-state index contributed by atoms with van der Waals surface area (Å²) >= 11 is 0. The van der Waals surface area contributed by atoms with Crippen molar-refractivity contribution in [3.63, 3.8) is 0 Å². The van der Waals surface area contributed by atoms with Crippen molar-refractivity contribution < 1.29 is 9.59 Å². The number of ketones is 1. The van der Waals surface area contributed by atoms with Gasteiger partial charge in [-0.3, -0.25) is 9.59 Å². The van der Waals surface area contributed by atoms with Gasteiger partial charge in [-0.25, -0.2) is 4.68 Å². The van der Waals surface area contributed by atoms with Gasteiger partial charge in [0.25, 0.3) is 0 Å². The highest BCUT2D eigenvalue weighted by Gasteiger charge is 2.41. The molecule has 5 heteroatoms. The van der Waals surface area contributed by atoms with Crippen LogP contribution in [0.2, 0.25) is 0 Å². The van der Waals surface area contributed by atoms with Crippen LogP contribution >= 0.6 is 0 Å². The predicted octanol–water partition coefficient (Wildman–Crippen LogP) is 2.88. The summed E-state index contributed by atoms with van der Waals surface area (Å²) in [4.78, 5) is 24.7. The smallest absolute Gasteiger partial charge is 0.223 e. The molecule has 2 saturated carbocycles. The molecule has 2 unspecified atom stereocenters. The molecule has 2 aromatic rings. The van der Waals surface area contributed by atoms with E-state index >= 15 is 0 Å². The van der Waals surface area contributed by atoms with Gasteiger partial charge in [-0.15, -0.1) is 0 Å². The molecule has 5 nitrogen and oxygen atoms in total. The number of hydrogen-bond donors (Lipinski definition) is 1. The Morgan fingerprint density at radius 1 is 1.16 bits per heavy atom. The third-order valence-electron chi connectivity index (χ3n) is 5.54. The standard InChI is InChI=1S/C20H23N3O2/c24-19-15-5-4-6-16(19)10-17(9-15)20(25)21-11-14-12-22-23(13-14)18-7-2-1-3-8-18/h1-3,7-8,12-13,15-17H,4-6,9-11H2,(H,21,25). The molecule has 0 radical (unpaired) electrons. The number of carbonyl (C=O) groups excluding carboxylic acids is 2. The highest BCUT2D eigenvalue weighted by molar-refractivity contribution is 5.88. The molecule has 4 rings (SSSR count). The average Bonchev–Trinajstić information content (AvgIpc) is 3.09. The second kappa shape index (κ2) is 6.82. The van der Waals surface area contributed by atoms with Crippen LogP contribution in [-0.2, 0) is 16.1 Å². The van der Waals surface area contributed by atoms with Gasteiger partial charge < -0.3 is 5.32 Å². The molecule has 0 spiro atoms. The molecule has 1 amide bonds. The van der Waals surface area contributed by atoms with Gasteiger partial charge >= 0.3 is 0 Å². The van der Waals surface area contributed by atoms with Crippen molar-refractivity contribution in [2.45, 2.75) is 38.6 Å². The number of benzene rings is 1. The minimum atomic E-state index is -0.0165. The van der Waals surface area contributed by atoms with E-state index in [0.29, 0.717) is 12.3 Å². The highest BCUT2D eigenvalue weighted by Crippen LogP contribution is 2.40. The molecule has 25 heavy (non-hydrogen) atoms. The zero-order valence-corrected chi connectivity index (χ0v) is 14.2. The Bertz CT molecular complexity index is 752. The number of nitrogens with one attached hydrogen (secondary N) is 1. The molecule has 2 aliphatic rings. The second-order valence-electron chi connectivity index (χ2n) is 7.24. The topological polar surface area (TPSA) is 64.0 Å². The first-order valence-electron chi connectivity index (χ1n) is 9.11. The van der Waals surface area contributed by atoms with Crippen LogP contribution in [0.25, 0.3) is 5.69 Å². The van der Waals surface area contributed by atoms with E-state index in [1.54, 1.807) is 6.20 Å². The van der Waals surface area contributed by atoms with Crippen LogP contribution in [-0.4, -0.2) is 21.5 Å². The Labute approximate surface area is 147 Å². The molecule has 1 aromatic carbocycles.